The molecule has 392 valence electrons. The van der Waals surface area contributed by atoms with Gasteiger partial charge in [0.1, 0.15) is 30.3 Å². The van der Waals surface area contributed by atoms with E-state index in [1.165, 1.54) is 25.7 Å². The number of aliphatic carboxylic acids is 1. The van der Waals surface area contributed by atoms with E-state index in [0.29, 0.717) is 5.69 Å². The number of aromatic nitrogens is 1. The first kappa shape index (κ1) is 59.0. The Morgan fingerprint density at radius 2 is 1.47 bits per heavy atom. The van der Waals surface area contributed by atoms with Gasteiger partial charge >= 0.3 is 5.97 Å². The van der Waals surface area contributed by atoms with Gasteiger partial charge in [0.2, 0.25) is 41.4 Å². The van der Waals surface area contributed by atoms with Crippen molar-refractivity contribution in [1.29, 1.82) is 0 Å². The summed E-state index contributed by atoms with van der Waals surface area (Å²) in [4.78, 5) is 128. The number of carboxylic acids is 1. The number of aliphatic hydroxyl groups is 1. The summed E-state index contributed by atoms with van der Waals surface area (Å²) in [5.74, 6) is -10.3. The molecule has 0 bridgehead atoms. The maximum Gasteiger partial charge on any atom is 0.303 e. The summed E-state index contributed by atoms with van der Waals surface area (Å²) in [5.41, 5.74) is 6.05. The van der Waals surface area contributed by atoms with Crippen LogP contribution < -0.4 is 32.3 Å². The SMILES string of the molecule is CC(=O)N[C@@H](C)C(=O)C[C@H](C)C(=O)N[C@@H](CC(N)=O)C(=O)N[C@@H](CCN(C(=O)CO)[C@@H](c1cc(-c2cc(F)ccc2F)cn1Cc1ccccc1)C(C)(C)C)C(=O)NCCCC(=O)CNC(=O)CCC(=O)O. The van der Waals surface area contributed by atoms with Gasteiger partial charge in [-0.25, -0.2) is 8.78 Å². The molecule has 9 N–H and O–H groups in total. The third kappa shape index (κ3) is 19.1. The molecule has 0 aliphatic carbocycles. The normalized spacial score (nSPS) is 13.3. The number of Topliss-reactive ketones (excluding diaryl/α,β-unsaturated/α-hetero) is 2. The number of nitrogens with zero attached hydrogens (tertiary/aromatic N) is 2. The lowest BCUT2D eigenvalue weighted by Gasteiger charge is -2.41. The van der Waals surface area contributed by atoms with Crippen LogP contribution in [-0.2, 0) is 54.5 Å². The van der Waals surface area contributed by atoms with Crippen molar-refractivity contribution in [3.63, 3.8) is 0 Å². The molecule has 0 spiro atoms. The first-order valence-corrected chi connectivity index (χ1v) is 23.4. The van der Waals surface area contributed by atoms with E-state index in [1.807, 2.05) is 30.3 Å². The maximum atomic E-state index is 15.3. The number of nitrogens with one attached hydrogen (secondary N) is 5. The van der Waals surface area contributed by atoms with E-state index in [-0.39, 0.29) is 62.9 Å². The third-order valence-electron chi connectivity index (χ3n) is 11.4. The van der Waals surface area contributed by atoms with Crippen LogP contribution in [0.5, 0.6) is 0 Å². The van der Waals surface area contributed by atoms with Crippen molar-refractivity contribution in [2.24, 2.45) is 17.1 Å². The van der Waals surface area contributed by atoms with E-state index < -0.39 is 132 Å². The smallest absolute Gasteiger partial charge is 0.303 e. The second-order valence-corrected chi connectivity index (χ2v) is 18.6. The average molecular weight is 1010 g/mol. The molecule has 1 heterocycles. The molecule has 0 saturated heterocycles. The van der Waals surface area contributed by atoms with E-state index in [0.717, 1.165) is 23.8 Å². The van der Waals surface area contributed by atoms with Gasteiger partial charge in [-0.05, 0) is 55.0 Å². The minimum Gasteiger partial charge on any atom is -0.481 e. The van der Waals surface area contributed by atoms with E-state index >= 15 is 4.39 Å². The highest BCUT2D eigenvalue weighted by Gasteiger charge is 2.38. The van der Waals surface area contributed by atoms with E-state index in [9.17, 15) is 57.4 Å². The largest absolute Gasteiger partial charge is 0.481 e. The van der Waals surface area contributed by atoms with E-state index in [2.05, 4.69) is 26.6 Å². The summed E-state index contributed by atoms with van der Waals surface area (Å²) < 4.78 is 31.7. The monoisotopic (exact) mass is 1010 g/mol. The van der Waals surface area contributed by atoms with Gasteiger partial charge in [-0.3, -0.25) is 47.9 Å². The molecule has 1 aromatic heterocycles. The van der Waals surface area contributed by atoms with Gasteiger partial charge in [-0.2, -0.15) is 0 Å². The number of benzene rings is 2. The lowest BCUT2D eigenvalue weighted by Crippen LogP contribution is -2.56. The quantitative estimate of drug-likeness (QED) is 0.0465. The van der Waals surface area contributed by atoms with Gasteiger partial charge in [0.25, 0.3) is 0 Å². The van der Waals surface area contributed by atoms with Crippen LogP contribution in [0.1, 0.15) is 104 Å². The van der Waals surface area contributed by atoms with Gasteiger partial charge < -0.3 is 52.0 Å². The Morgan fingerprint density at radius 3 is 2.08 bits per heavy atom. The zero-order valence-electron chi connectivity index (χ0n) is 41.4. The predicted molar refractivity (Wildman–Crippen MR) is 258 cm³/mol. The fraction of sp³-hybridized carbons (Fsp3) is 0.480. The standard InChI is InChI=1S/C50H66F2N8O12/c1-29(21-41(64)30(2)56-31(3)62)47(70)58-39(24-42(53)65)49(72)57-38(48(71)54-19-10-13-35(63)25-55-43(66)16-17-45(68)69)18-20-60(44(67)28-61)46(50(4,5)6)40-22-33(36-23-34(51)14-15-37(36)52)27-59(40)26-32-11-8-7-9-12-32/h7-9,11-12,14-15,22-23,27,29-30,38-39,46,61H,10,13,16-21,24-26,28H2,1-6H3,(H2,53,65)(H,54,71)(H,55,66)(H,56,62)(H,57,72)(H,58,70)(H,68,69)/t29-,30-,38-,39-,46-/m0/s1. The van der Waals surface area contributed by atoms with E-state index in [4.69, 9.17) is 10.8 Å². The Morgan fingerprint density at radius 1 is 0.806 bits per heavy atom. The van der Waals surface area contributed by atoms with Crippen molar-refractivity contribution in [2.75, 3.05) is 26.2 Å². The number of carboxylic acid groups (broad SMARTS) is 1. The van der Waals surface area contributed by atoms with Crippen LogP contribution in [0.4, 0.5) is 8.78 Å². The minimum atomic E-state index is -1.68. The average Bonchev–Trinajstić information content (AvgIpc) is 3.71. The molecule has 7 amide bonds. The first-order chi connectivity index (χ1) is 33.8. The van der Waals surface area contributed by atoms with E-state index in [1.54, 1.807) is 37.6 Å². The molecule has 0 aliphatic heterocycles. The lowest BCUT2D eigenvalue weighted by molar-refractivity contribution is -0.140. The molecule has 22 heteroatoms. The number of ketones is 2. The highest BCUT2D eigenvalue weighted by molar-refractivity contribution is 5.96. The second kappa shape index (κ2) is 27.9. The van der Waals surface area contributed by atoms with Gasteiger partial charge in [0, 0.05) is 74.8 Å². The summed E-state index contributed by atoms with van der Waals surface area (Å²) in [5, 5.41) is 31.5. The molecule has 0 radical (unpaired) electrons. The number of carbonyl (C=O) groups is 10. The zero-order valence-corrected chi connectivity index (χ0v) is 41.4. The van der Waals surface area contributed by atoms with Crippen molar-refractivity contribution in [1.82, 2.24) is 36.1 Å². The first-order valence-electron chi connectivity index (χ1n) is 23.4. The number of primary amides is 1. The fourth-order valence-corrected chi connectivity index (χ4v) is 7.81. The molecule has 72 heavy (non-hydrogen) atoms. The molecule has 0 unspecified atom stereocenters. The molecular weight excluding hydrogens is 943 g/mol. The van der Waals surface area contributed by atoms with Crippen LogP contribution in [0, 0.1) is 23.0 Å². The summed E-state index contributed by atoms with van der Waals surface area (Å²) >= 11 is 0. The Balaban J connectivity index is 2.02. The van der Waals surface area contributed by atoms with Crippen LogP contribution in [0.15, 0.2) is 60.8 Å². The molecule has 5 atom stereocenters. The number of amides is 7. The van der Waals surface area contributed by atoms with Crippen LogP contribution in [0.25, 0.3) is 11.1 Å². The number of aliphatic hydroxyl groups excluding tert-OH is 1. The predicted octanol–water partition coefficient (Wildman–Crippen LogP) is 2.19. The summed E-state index contributed by atoms with van der Waals surface area (Å²) in [6.07, 6.45) is -0.720. The van der Waals surface area contributed by atoms with Crippen molar-refractivity contribution in [3.05, 3.63) is 83.7 Å². The highest BCUT2D eigenvalue weighted by Crippen LogP contribution is 2.41. The number of nitrogens with two attached hydrogens (primary N) is 1. The summed E-state index contributed by atoms with van der Waals surface area (Å²) in [7, 11) is 0. The van der Waals surface area contributed by atoms with Crippen LogP contribution in [0.2, 0.25) is 0 Å². The molecule has 3 rings (SSSR count). The summed E-state index contributed by atoms with van der Waals surface area (Å²) in [6, 6.07) is 8.65. The van der Waals surface area contributed by atoms with Crippen molar-refractivity contribution in [3.8, 4) is 11.1 Å². The number of hydrogen-bond donors (Lipinski definition) is 8. The van der Waals surface area contributed by atoms with Gasteiger partial charge in [-0.15, -0.1) is 0 Å². The third-order valence-corrected chi connectivity index (χ3v) is 11.4. The molecule has 0 fully saturated rings. The van der Waals surface area contributed by atoms with Crippen molar-refractivity contribution in [2.45, 2.75) is 117 Å². The van der Waals surface area contributed by atoms with Crippen molar-refractivity contribution < 1.29 is 66.9 Å². The van der Waals surface area contributed by atoms with Crippen molar-refractivity contribution >= 4 is 58.9 Å². The number of hydrogen-bond acceptors (Lipinski definition) is 11. The van der Waals surface area contributed by atoms with Gasteiger partial charge in [0.15, 0.2) is 11.6 Å². The van der Waals surface area contributed by atoms with Crippen LogP contribution in [-0.4, -0.2) is 123 Å². The van der Waals surface area contributed by atoms with Crippen LogP contribution in [0.3, 0.4) is 0 Å². The lowest BCUT2D eigenvalue weighted by atomic mass is 9.82. The maximum absolute atomic E-state index is 15.3. The van der Waals surface area contributed by atoms with Crippen LogP contribution >= 0.6 is 0 Å². The Hall–Kier alpha value is -7.36. The Bertz CT molecular complexity index is 2440. The molecular formula is C50H66F2N8O12. The number of carbonyl (C=O) groups excluding carboxylic acids is 9. The molecule has 0 saturated carbocycles. The van der Waals surface area contributed by atoms with Gasteiger partial charge in [-0.1, -0.05) is 58.0 Å². The summed E-state index contributed by atoms with van der Waals surface area (Å²) in [6.45, 7) is 7.75. The Kier molecular flexibility index (Phi) is 22.8. The molecule has 20 nitrogen and oxygen atoms in total. The molecule has 0 aliphatic rings. The Labute approximate surface area is 416 Å². The second-order valence-electron chi connectivity index (χ2n) is 18.6. The molecule has 3 aromatic rings. The topological polar surface area (TPSA) is 306 Å². The number of halogens is 2. The highest BCUT2D eigenvalue weighted by atomic mass is 19.1. The molecule has 2 aromatic carbocycles. The number of rotatable bonds is 29. The van der Waals surface area contributed by atoms with Gasteiger partial charge in [0.05, 0.1) is 31.5 Å². The fourth-order valence-electron chi connectivity index (χ4n) is 7.81. The zero-order chi connectivity index (χ0) is 53.9. The minimum absolute atomic E-state index is 0.0433.